The van der Waals surface area contributed by atoms with Crippen LogP contribution in [0.2, 0.25) is 0 Å². The van der Waals surface area contributed by atoms with Gasteiger partial charge < -0.3 is 10.1 Å². The molecule has 3 nitrogen and oxygen atoms in total. The van der Waals surface area contributed by atoms with Crippen LogP contribution in [0.15, 0.2) is 18.3 Å². The fraction of sp³-hybridized carbons (Fsp3) is 0.643. The molecule has 0 saturated heterocycles. The Balaban J connectivity index is 2.08. The Morgan fingerprint density at radius 2 is 2.39 bits per heavy atom. The van der Waals surface area contributed by atoms with Crippen molar-refractivity contribution >= 4 is 17.4 Å². The van der Waals surface area contributed by atoms with Gasteiger partial charge in [-0.3, -0.25) is 0 Å². The molecule has 1 aliphatic rings. The molecule has 1 N–H and O–H groups in total. The van der Waals surface area contributed by atoms with Crippen LogP contribution in [0.3, 0.4) is 0 Å². The normalized spacial score (nSPS) is 27.8. The van der Waals surface area contributed by atoms with Crippen LogP contribution in [0.1, 0.15) is 32.6 Å². The molecule has 2 unspecified atom stereocenters. The number of aromatic nitrogens is 1. The van der Waals surface area contributed by atoms with Gasteiger partial charge in [0.2, 0.25) is 0 Å². The summed E-state index contributed by atoms with van der Waals surface area (Å²) >= 11 is 6.20. The molecule has 1 fully saturated rings. The predicted octanol–water partition coefficient (Wildman–Crippen LogP) is 3.69. The number of pyridine rings is 1. The van der Waals surface area contributed by atoms with Crippen LogP contribution in [0.5, 0.6) is 5.75 Å². The van der Waals surface area contributed by atoms with E-state index in [-0.39, 0.29) is 5.54 Å². The second kappa shape index (κ2) is 5.79. The minimum Gasteiger partial charge on any atom is -0.495 e. The van der Waals surface area contributed by atoms with Crippen molar-refractivity contribution in [1.29, 1.82) is 0 Å². The van der Waals surface area contributed by atoms with E-state index in [1.54, 1.807) is 13.3 Å². The van der Waals surface area contributed by atoms with Crippen LogP contribution in [0, 0.1) is 5.92 Å². The summed E-state index contributed by atoms with van der Waals surface area (Å²) in [5, 5.41) is 3.53. The summed E-state index contributed by atoms with van der Waals surface area (Å²) in [6.07, 6.45) is 6.50. The summed E-state index contributed by atoms with van der Waals surface area (Å²) in [5.74, 6) is 3.01. The minimum atomic E-state index is 0.000804. The third kappa shape index (κ3) is 3.08. The minimum absolute atomic E-state index is 0.000804. The van der Waals surface area contributed by atoms with Crippen molar-refractivity contribution in [3.05, 3.63) is 18.3 Å². The topological polar surface area (TPSA) is 34.1 Å². The number of anilines is 1. The van der Waals surface area contributed by atoms with Crippen LogP contribution < -0.4 is 10.1 Å². The molecule has 1 saturated carbocycles. The highest BCUT2D eigenvalue weighted by molar-refractivity contribution is 6.18. The summed E-state index contributed by atoms with van der Waals surface area (Å²) in [5.41, 5.74) is 0.000804. The Morgan fingerprint density at radius 1 is 1.56 bits per heavy atom. The molecule has 1 aromatic rings. The summed E-state index contributed by atoms with van der Waals surface area (Å²) < 4.78 is 5.11. The summed E-state index contributed by atoms with van der Waals surface area (Å²) in [6.45, 7) is 2.30. The van der Waals surface area contributed by atoms with Crippen LogP contribution in [0.4, 0.5) is 5.82 Å². The Bertz CT molecular complexity index is 382. The molecular weight excluding hydrogens is 248 g/mol. The number of hydrogen-bond acceptors (Lipinski definition) is 3. The third-order valence-electron chi connectivity index (χ3n) is 3.71. The van der Waals surface area contributed by atoms with Gasteiger partial charge in [-0.05, 0) is 30.9 Å². The van der Waals surface area contributed by atoms with Gasteiger partial charge in [-0.15, -0.1) is 11.6 Å². The number of alkyl halides is 1. The molecule has 1 heterocycles. The molecule has 0 aromatic carbocycles. The molecule has 4 heteroatoms. The summed E-state index contributed by atoms with van der Waals surface area (Å²) in [4.78, 5) is 4.37. The Labute approximate surface area is 114 Å². The number of hydrogen-bond donors (Lipinski definition) is 1. The van der Waals surface area contributed by atoms with Crippen molar-refractivity contribution in [2.24, 2.45) is 5.92 Å². The molecule has 1 aliphatic carbocycles. The lowest BCUT2D eigenvalue weighted by atomic mass is 9.77. The second-order valence-electron chi connectivity index (χ2n) is 5.32. The molecule has 18 heavy (non-hydrogen) atoms. The molecule has 0 spiro atoms. The maximum atomic E-state index is 6.20. The number of nitrogens with zero attached hydrogens (tertiary/aromatic N) is 1. The van der Waals surface area contributed by atoms with Crippen molar-refractivity contribution < 1.29 is 4.74 Å². The smallest absolute Gasteiger partial charge is 0.137 e. The lowest BCUT2D eigenvalue weighted by Crippen LogP contribution is -2.44. The highest BCUT2D eigenvalue weighted by Crippen LogP contribution is 2.35. The standard InChI is InChI=1S/C14H21ClN2O/c1-11-4-3-7-14(8-11,10-15)17-13-6-5-12(18-2)9-16-13/h5-6,9,11H,3-4,7-8,10H2,1-2H3,(H,16,17). The average molecular weight is 269 g/mol. The first-order valence-corrected chi connectivity index (χ1v) is 7.05. The lowest BCUT2D eigenvalue weighted by molar-refractivity contribution is 0.279. The van der Waals surface area contributed by atoms with E-state index >= 15 is 0 Å². The highest BCUT2D eigenvalue weighted by atomic mass is 35.5. The fourth-order valence-electron chi connectivity index (χ4n) is 2.78. The van der Waals surface area contributed by atoms with Gasteiger partial charge >= 0.3 is 0 Å². The molecule has 2 atom stereocenters. The molecule has 1 aromatic heterocycles. The zero-order chi connectivity index (χ0) is 13.0. The Kier molecular flexibility index (Phi) is 4.33. The SMILES string of the molecule is COc1ccc(NC2(CCl)CCCC(C)C2)nc1. The van der Waals surface area contributed by atoms with Crippen LogP contribution in [-0.4, -0.2) is 23.5 Å². The van der Waals surface area contributed by atoms with E-state index in [9.17, 15) is 0 Å². The number of rotatable bonds is 4. The number of ether oxygens (including phenoxy) is 1. The summed E-state index contributed by atoms with van der Waals surface area (Å²) in [6, 6.07) is 3.87. The zero-order valence-corrected chi connectivity index (χ0v) is 11.8. The predicted molar refractivity (Wildman–Crippen MR) is 75.5 cm³/mol. The first kappa shape index (κ1) is 13.5. The van der Waals surface area contributed by atoms with E-state index in [0.717, 1.165) is 30.3 Å². The van der Waals surface area contributed by atoms with Gasteiger partial charge in [0.05, 0.1) is 18.8 Å². The largest absolute Gasteiger partial charge is 0.495 e. The third-order valence-corrected chi connectivity index (χ3v) is 4.22. The van der Waals surface area contributed by atoms with Crippen molar-refractivity contribution in [2.45, 2.75) is 38.1 Å². The highest BCUT2D eigenvalue weighted by Gasteiger charge is 2.34. The van der Waals surface area contributed by atoms with E-state index in [2.05, 4.69) is 17.2 Å². The molecule has 0 aliphatic heterocycles. The van der Waals surface area contributed by atoms with E-state index in [1.807, 2.05) is 12.1 Å². The second-order valence-corrected chi connectivity index (χ2v) is 5.59. The Morgan fingerprint density at radius 3 is 2.94 bits per heavy atom. The van der Waals surface area contributed by atoms with Gasteiger partial charge in [-0.2, -0.15) is 0 Å². The van der Waals surface area contributed by atoms with Gasteiger partial charge in [0.15, 0.2) is 0 Å². The number of methoxy groups -OCH3 is 1. The Hall–Kier alpha value is -0.960. The first-order chi connectivity index (χ1) is 8.67. The van der Waals surface area contributed by atoms with Gasteiger partial charge in [-0.25, -0.2) is 4.98 Å². The molecule has 2 rings (SSSR count). The molecule has 0 bridgehead atoms. The molecule has 0 amide bonds. The van der Waals surface area contributed by atoms with Crippen LogP contribution in [-0.2, 0) is 0 Å². The summed E-state index contributed by atoms with van der Waals surface area (Å²) in [7, 11) is 1.65. The van der Waals surface area contributed by atoms with Crippen LogP contribution >= 0.6 is 11.6 Å². The number of nitrogens with one attached hydrogen (secondary N) is 1. The maximum absolute atomic E-state index is 6.20. The average Bonchev–Trinajstić information content (AvgIpc) is 2.39. The van der Waals surface area contributed by atoms with Gasteiger partial charge in [0.1, 0.15) is 11.6 Å². The lowest BCUT2D eigenvalue weighted by Gasteiger charge is -2.39. The van der Waals surface area contributed by atoms with Gasteiger partial charge in [0.25, 0.3) is 0 Å². The van der Waals surface area contributed by atoms with E-state index in [0.29, 0.717) is 5.88 Å². The first-order valence-electron chi connectivity index (χ1n) is 6.52. The monoisotopic (exact) mass is 268 g/mol. The van der Waals surface area contributed by atoms with E-state index < -0.39 is 0 Å². The van der Waals surface area contributed by atoms with Gasteiger partial charge in [0, 0.05) is 5.88 Å². The molecular formula is C14H21ClN2O. The van der Waals surface area contributed by atoms with Crippen molar-refractivity contribution in [1.82, 2.24) is 4.98 Å². The van der Waals surface area contributed by atoms with Gasteiger partial charge in [-0.1, -0.05) is 19.8 Å². The van der Waals surface area contributed by atoms with Crippen molar-refractivity contribution in [3.8, 4) is 5.75 Å². The maximum Gasteiger partial charge on any atom is 0.137 e. The van der Waals surface area contributed by atoms with Crippen molar-refractivity contribution in [2.75, 3.05) is 18.3 Å². The zero-order valence-electron chi connectivity index (χ0n) is 11.1. The molecule has 0 radical (unpaired) electrons. The van der Waals surface area contributed by atoms with E-state index in [4.69, 9.17) is 16.3 Å². The molecule has 100 valence electrons. The number of halogens is 1. The van der Waals surface area contributed by atoms with Crippen LogP contribution in [0.25, 0.3) is 0 Å². The fourth-order valence-corrected chi connectivity index (χ4v) is 3.08. The van der Waals surface area contributed by atoms with E-state index in [1.165, 1.54) is 12.8 Å². The quantitative estimate of drug-likeness (QED) is 0.846. The van der Waals surface area contributed by atoms with Crippen molar-refractivity contribution in [3.63, 3.8) is 0 Å².